The van der Waals surface area contributed by atoms with Crippen LogP contribution in [0.1, 0.15) is 34.5 Å². The van der Waals surface area contributed by atoms with Crippen molar-refractivity contribution in [1.29, 1.82) is 0 Å². The highest BCUT2D eigenvalue weighted by Gasteiger charge is 2.18. The van der Waals surface area contributed by atoms with Gasteiger partial charge in [-0.25, -0.2) is 4.79 Å². The van der Waals surface area contributed by atoms with Gasteiger partial charge < -0.3 is 24.6 Å². The number of ether oxygens (including phenoxy) is 3. The molecule has 2 aromatic carbocycles. The average molecular weight is 357 g/mol. The van der Waals surface area contributed by atoms with Gasteiger partial charge in [-0.05, 0) is 43.7 Å². The first kappa shape index (κ1) is 17.6. The lowest BCUT2D eigenvalue weighted by Crippen LogP contribution is -2.31. The zero-order valence-electron chi connectivity index (χ0n) is 14.4. The van der Waals surface area contributed by atoms with E-state index < -0.39 is 18.5 Å². The van der Waals surface area contributed by atoms with E-state index in [-0.39, 0.29) is 24.1 Å². The summed E-state index contributed by atoms with van der Waals surface area (Å²) < 4.78 is 15.5. The van der Waals surface area contributed by atoms with Gasteiger partial charge in [0, 0.05) is 0 Å². The predicted molar refractivity (Wildman–Crippen MR) is 92.2 cm³/mol. The monoisotopic (exact) mass is 357 g/mol. The fourth-order valence-electron chi connectivity index (χ4n) is 2.57. The van der Waals surface area contributed by atoms with Crippen LogP contribution in [0.4, 0.5) is 0 Å². The van der Waals surface area contributed by atoms with Crippen molar-refractivity contribution in [3.63, 3.8) is 0 Å². The second-order valence-electron chi connectivity index (χ2n) is 6.00. The van der Waals surface area contributed by atoms with Gasteiger partial charge in [-0.3, -0.25) is 4.79 Å². The second-order valence-corrected chi connectivity index (χ2v) is 6.00. The molecule has 2 N–H and O–H groups in total. The molecule has 0 saturated carbocycles. The molecule has 3 rings (SSSR count). The number of nitrogens with one attached hydrogen (secondary N) is 1. The van der Waals surface area contributed by atoms with Crippen LogP contribution in [0.3, 0.4) is 0 Å². The van der Waals surface area contributed by atoms with Gasteiger partial charge in [0.15, 0.2) is 18.1 Å². The molecule has 2 aromatic rings. The summed E-state index contributed by atoms with van der Waals surface area (Å²) in [4.78, 5) is 24.1. The molecule has 0 radical (unpaired) electrons. The van der Waals surface area contributed by atoms with E-state index in [9.17, 15) is 14.7 Å². The highest BCUT2D eigenvalue weighted by molar-refractivity contribution is 5.94. The van der Waals surface area contributed by atoms with Crippen LogP contribution in [0, 0.1) is 6.92 Å². The van der Waals surface area contributed by atoms with E-state index in [2.05, 4.69) is 5.32 Å². The molecule has 0 fully saturated rings. The zero-order chi connectivity index (χ0) is 18.7. The van der Waals surface area contributed by atoms with Crippen molar-refractivity contribution in [1.82, 2.24) is 5.32 Å². The van der Waals surface area contributed by atoms with E-state index in [4.69, 9.17) is 14.2 Å². The number of esters is 1. The number of phenolic OH excluding ortho intramolecular Hbond substituents is 1. The molecule has 7 nitrogen and oxygen atoms in total. The first-order valence-corrected chi connectivity index (χ1v) is 8.09. The molecule has 0 saturated heterocycles. The Kier molecular flexibility index (Phi) is 4.97. The second kappa shape index (κ2) is 7.35. The van der Waals surface area contributed by atoms with Crippen molar-refractivity contribution in [2.75, 3.05) is 13.4 Å². The van der Waals surface area contributed by atoms with Crippen LogP contribution in [-0.4, -0.2) is 30.4 Å². The minimum atomic E-state index is -0.753. The van der Waals surface area contributed by atoms with Gasteiger partial charge in [0.1, 0.15) is 11.3 Å². The zero-order valence-corrected chi connectivity index (χ0v) is 14.4. The van der Waals surface area contributed by atoms with Crippen LogP contribution in [0.15, 0.2) is 36.4 Å². The number of rotatable bonds is 5. The van der Waals surface area contributed by atoms with Crippen molar-refractivity contribution in [3.8, 4) is 17.2 Å². The Balaban J connectivity index is 1.55. The first-order valence-electron chi connectivity index (χ1n) is 8.09. The standard InChI is InChI=1S/C19H19NO6/c1-11-3-5-15(21)14(7-11)19(23)24-9-18(22)20-12(2)13-4-6-16-17(8-13)26-10-25-16/h3-8,12,21H,9-10H2,1-2H3,(H,20,22). The Morgan fingerprint density at radius 1 is 1.19 bits per heavy atom. The third kappa shape index (κ3) is 3.88. The van der Waals surface area contributed by atoms with Gasteiger partial charge in [-0.2, -0.15) is 0 Å². The van der Waals surface area contributed by atoms with Crippen LogP contribution < -0.4 is 14.8 Å². The van der Waals surface area contributed by atoms with Gasteiger partial charge in [-0.1, -0.05) is 17.7 Å². The van der Waals surface area contributed by atoms with E-state index in [0.29, 0.717) is 11.5 Å². The van der Waals surface area contributed by atoms with E-state index in [1.807, 2.05) is 13.0 Å². The molecule has 0 bridgehead atoms. The lowest BCUT2D eigenvalue weighted by Gasteiger charge is -2.15. The number of carbonyl (C=O) groups excluding carboxylic acids is 2. The smallest absolute Gasteiger partial charge is 0.342 e. The van der Waals surface area contributed by atoms with Gasteiger partial charge in [0.25, 0.3) is 5.91 Å². The van der Waals surface area contributed by atoms with Crippen molar-refractivity contribution in [3.05, 3.63) is 53.1 Å². The lowest BCUT2D eigenvalue weighted by molar-refractivity contribution is -0.124. The van der Waals surface area contributed by atoms with Crippen molar-refractivity contribution in [2.24, 2.45) is 0 Å². The Bertz CT molecular complexity index is 848. The third-order valence-electron chi connectivity index (χ3n) is 3.98. The summed E-state index contributed by atoms with van der Waals surface area (Å²) in [6.45, 7) is 3.34. The van der Waals surface area contributed by atoms with Crippen LogP contribution >= 0.6 is 0 Å². The molecule has 136 valence electrons. The number of hydrogen-bond acceptors (Lipinski definition) is 6. The molecule has 1 heterocycles. The average Bonchev–Trinajstić information content (AvgIpc) is 3.09. The summed E-state index contributed by atoms with van der Waals surface area (Å²) in [7, 11) is 0. The number of phenols is 1. The molecule has 7 heteroatoms. The number of aryl methyl sites for hydroxylation is 1. The van der Waals surface area contributed by atoms with Gasteiger partial charge >= 0.3 is 5.97 Å². The Hall–Kier alpha value is -3.22. The summed E-state index contributed by atoms with van der Waals surface area (Å²) in [6.07, 6.45) is 0. The van der Waals surface area contributed by atoms with Crippen molar-refractivity contribution < 1.29 is 28.9 Å². The maximum Gasteiger partial charge on any atom is 0.342 e. The summed E-state index contributed by atoms with van der Waals surface area (Å²) in [6, 6.07) is 9.69. The number of benzene rings is 2. The van der Waals surface area contributed by atoms with Crippen LogP contribution in [0.2, 0.25) is 0 Å². The SMILES string of the molecule is Cc1ccc(O)c(C(=O)OCC(=O)NC(C)c2ccc3c(c2)OCO3)c1. The van der Waals surface area contributed by atoms with Crippen molar-refractivity contribution in [2.45, 2.75) is 19.9 Å². The molecule has 26 heavy (non-hydrogen) atoms. The van der Waals surface area contributed by atoms with Gasteiger partial charge in [-0.15, -0.1) is 0 Å². The largest absolute Gasteiger partial charge is 0.507 e. The quantitative estimate of drug-likeness (QED) is 0.799. The fourth-order valence-corrected chi connectivity index (χ4v) is 2.57. The molecule has 0 aromatic heterocycles. The molecule has 1 unspecified atom stereocenters. The molecule has 1 aliphatic rings. The van der Waals surface area contributed by atoms with Crippen molar-refractivity contribution >= 4 is 11.9 Å². The number of aromatic hydroxyl groups is 1. The fraction of sp³-hybridized carbons (Fsp3) is 0.263. The molecule has 1 amide bonds. The van der Waals surface area contributed by atoms with Crippen LogP contribution in [0.25, 0.3) is 0 Å². The highest BCUT2D eigenvalue weighted by atomic mass is 16.7. The minimum Gasteiger partial charge on any atom is -0.507 e. The first-order chi connectivity index (χ1) is 12.4. The van der Waals surface area contributed by atoms with Crippen LogP contribution in [-0.2, 0) is 9.53 Å². The Morgan fingerprint density at radius 2 is 1.96 bits per heavy atom. The Morgan fingerprint density at radius 3 is 2.77 bits per heavy atom. The summed E-state index contributed by atoms with van der Waals surface area (Å²) in [5.41, 5.74) is 1.67. The maximum absolute atomic E-state index is 12.0. The Labute approximate surface area is 150 Å². The summed E-state index contributed by atoms with van der Waals surface area (Å²) in [5.74, 6) is -0.0911. The number of amides is 1. The van der Waals surface area contributed by atoms with E-state index >= 15 is 0 Å². The van der Waals surface area contributed by atoms with E-state index in [1.165, 1.54) is 12.1 Å². The van der Waals surface area contributed by atoms with Gasteiger partial charge in [0.05, 0.1) is 6.04 Å². The molecule has 1 atom stereocenters. The molecule has 1 aliphatic heterocycles. The summed E-state index contributed by atoms with van der Waals surface area (Å²) >= 11 is 0. The number of fused-ring (bicyclic) bond motifs is 1. The van der Waals surface area contributed by atoms with Gasteiger partial charge in [0.2, 0.25) is 6.79 Å². The third-order valence-corrected chi connectivity index (χ3v) is 3.98. The molecule has 0 spiro atoms. The summed E-state index contributed by atoms with van der Waals surface area (Å²) in [5, 5.41) is 12.5. The maximum atomic E-state index is 12.0. The van der Waals surface area contributed by atoms with E-state index in [1.54, 1.807) is 25.1 Å². The topological polar surface area (TPSA) is 94.1 Å². The number of carbonyl (C=O) groups is 2. The highest BCUT2D eigenvalue weighted by Crippen LogP contribution is 2.34. The molecular weight excluding hydrogens is 338 g/mol. The normalized spacial score (nSPS) is 13.2. The molecular formula is C19H19NO6. The lowest BCUT2D eigenvalue weighted by atomic mass is 10.1. The van der Waals surface area contributed by atoms with E-state index in [0.717, 1.165) is 11.1 Å². The minimum absolute atomic E-state index is 0.0293. The number of hydrogen-bond donors (Lipinski definition) is 2. The van der Waals surface area contributed by atoms with Crippen LogP contribution in [0.5, 0.6) is 17.2 Å². The molecule has 0 aliphatic carbocycles. The predicted octanol–water partition coefficient (Wildman–Crippen LogP) is 2.46.